The standard InChI is InChI=1S/C9H19N2O.C3H8/c1-4-11(9(2)12)7-5-10(3)6-8-11;1-3-2/h4-8H2,1-3H3;3H2,1-2H3/q+1;. The summed E-state index contributed by atoms with van der Waals surface area (Å²) in [6, 6.07) is 0. The van der Waals surface area contributed by atoms with E-state index < -0.39 is 0 Å². The Bertz CT molecular complexity index is 184. The van der Waals surface area contributed by atoms with E-state index >= 15 is 0 Å². The number of carbonyl (C=O) groups is 1. The monoisotopic (exact) mass is 215 g/mol. The minimum Gasteiger partial charge on any atom is -0.295 e. The predicted molar refractivity (Wildman–Crippen MR) is 64.7 cm³/mol. The fourth-order valence-corrected chi connectivity index (χ4v) is 1.80. The van der Waals surface area contributed by atoms with Gasteiger partial charge in [-0.2, -0.15) is 0 Å². The highest BCUT2D eigenvalue weighted by atomic mass is 16.2. The number of piperazine rings is 1. The van der Waals surface area contributed by atoms with Crippen molar-refractivity contribution in [3.63, 3.8) is 0 Å². The highest BCUT2D eigenvalue weighted by Crippen LogP contribution is 2.12. The van der Waals surface area contributed by atoms with Crippen LogP contribution in [0.5, 0.6) is 0 Å². The molecule has 0 radical (unpaired) electrons. The molecule has 0 spiro atoms. The summed E-state index contributed by atoms with van der Waals surface area (Å²) >= 11 is 0. The van der Waals surface area contributed by atoms with E-state index in [1.807, 2.05) is 0 Å². The van der Waals surface area contributed by atoms with Gasteiger partial charge in [-0.25, -0.2) is 4.79 Å². The molecule has 0 aliphatic carbocycles. The number of amides is 1. The molecule has 0 saturated carbocycles. The molecule has 0 atom stereocenters. The molecule has 3 heteroatoms. The Labute approximate surface area is 94.6 Å². The lowest BCUT2D eigenvalue weighted by Crippen LogP contribution is -2.61. The van der Waals surface area contributed by atoms with Crippen molar-refractivity contribution in [3.05, 3.63) is 0 Å². The zero-order valence-corrected chi connectivity index (χ0v) is 11.0. The molecular formula is C12H27N2O+. The van der Waals surface area contributed by atoms with Gasteiger partial charge in [0, 0.05) is 13.1 Å². The van der Waals surface area contributed by atoms with Crippen LogP contribution in [0.4, 0.5) is 0 Å². The van der Waals surface area contributed by atoms with Crippen LogP contribution in [0.3, 0.4) is 0 Å². The Morgan fingerprint density at radius 3 is 1.87 bits per heavy atom. The van der Waals surface area contributed by atoms with Crippen molar-refractivity contribution >= 4 is 5.91 Å². The summed E-state index contributed by atoms with van der Waals surface area (Å²) in [5.41, 5.74) is 0. The van der Waals surface area contributed by atoms with Gasteiger partial charge >= 0.3 is 5.91 Å². The third-order valence-corrected chi connectivity index (χ3v) is 3.09. The van der Waals surface area contributed by atoms with Crippen molar-refractivity contribution < 1.29 is 9.28 Å². The van der Waals surface area contributed by atoms with Crippen LogP contribution in [-0.2, 0) is 4.79 Å². The molecule has 90 valence electrons. The van der Waals surface area contributed by atoms with Gasteiger partial charge in [-0.15, -0.1) is 0 Å². The first-order valence-corrected chi connectivity index (χ1v) is 6.08. The summed E-state index contributed by atoms with van der Waals surface area (Å²) < 4.78 is 0.685. The van der Waals surface area contributed by atoms with Crippen LogP contribution in [0.2, 0.25) is 0 Å². The second-order valence-corrected chi connectivity index (χ2v) is 4.44. The Kier molecular flexibility index (Phi) is 6.77. The van der Waals surface area contributed by atoms with Crippen LogP contribution in [0.1, 0.15) is 34.1 Å². The number of carbonyl (C=O) groups excluding carboxylic acids is 1. The Balaban J connectivity index is 0.000000583. The molecule has 3 nitrogen and oxygen atoms in total. The third kappa shape index (κ3) is 4.31. The maximum absolute atomic E-state index is 11.4. The van der Waals surface area contributed by atoms with Crippen LogP contribution in [0.15, 0.2) is 0 Å². The van der Waals surface area contributed by atoms with Crippen molar-refractivity contribution in [2.24, 2.45) is 0 Å². The van der Waals surface area contributed by atoms with E-state index in [2.05, 4.69) is 32.7 Å². The topological polar surface area (TPSA) is 20.3 Å². The molecule has 0 aromatic heterocycles. The Hall–Kier alpha value is -0.410. The van der Waals surface area contributed by atoms with E-state index in [-0.39, 0.29) is 0 Å². The fourth-order valence-electron chi connectivity index (χ4n) is 1.80. The first-order valence-electron chi connectivity index (χ1n) is 6.08. The molecule has 0 unspecified atom stereocenters. The molecule has 1 fully saturated rings. The summed E-state index contributed by atoms with van der Waals surface area (Å²) in [6.07, 6.45) is 1.25. The van der Waals surface area contributed by atoms with Gasteiger partial charge < -0.3 is 0 Å². The first kappa shape index (κ1) is 14.6. The fraction of sp³-hybridized carbons (Fsp3) is 0.917. The number of nitrogens with zero attached hydrogens (tertiary/aromatic N) is 2. The lowest BCUT2D eigenvalue weighted by atomic mass is 10.2. The van der Waals surface area contributed by atoms with Crippen LogP contribution in [-0.4, -0.2) is 55.1 Å². The smallest absolute Gasteiger partial charge is 0.295 e. The second kappa shape index (κ2) is 6.96. The molecule has 1 amide bonds. The van der Waals surface area contributed by atoms with Gasteiger partial charge in [0.25, 0.3) is 0 Å². The summed E-state index contributed by atoms with van der Waals surface area (Å²) in [4.78, 5) is 13.7. The molecule has 0 aromatic rings. The zero-order chi connectivity index (χ0) is 11.9. The average Bonchev–Trinajstić information content (AvgIpc) is 2.20. The Morgan fingerprint density at radius 1 is 1.20 bits per heavy atom. The molecule has 0 aromatic carbocycles. The maximum atomic E-state index is 11.4. The SMILES string of the molecule is CCC.CC[N+]1(C(C)=O)CCN(C)CC1. The lowest BCUT2D eigenvalue weighted by Gasteiger charge is -2.40. The van der Waals surface area contributed by atoms with Gasteiger partial charge in [0.15, 0.2) is 0 Å². The highest BCUT2D eigenvalue weighted by molar-refractivity contribution is 5.65. The van der Waals surface area contributed by atoms with E-state index in [1.54, 1.807) is 6.92 Å². The molecular weight excluding hydrogens is 188 g/mol. The molecule has 1 aliphatic heterocycles. The van der Waals surface area contributed by atoms with Gasteiger partial charge in [0.1, 0.15) is 0 Å². The summed E-state index contributed by atoms with van der Waals surface area (Å²) in [6.45, 7) is 13.1. The minimum atomic E-state index is 0.325. The number of rotatable bonds is 1. The van der Waals surface area contributed by atoms with Crippen LogP contribution in [0, 0.1) is 0 Å². The number of likely N-dealkylation sites (N-methyl/N-ethyl adjacent to an activating group) is 2. The largest absolute Gasteiger partial charge is 0.310 e. The van der Waals surface area contributed by atoms with Crippen molar-refractivity contribution in [2.75, 3.05) is 39.8 Å². The van der Waals surface area contributed by atoms with Crippen molar-refractivity contribution in [1.29, 1.82) is 0 Å². The molecule has 15 heavy (non-hydrogen) atoms. The lowest BCUT2D eigenvalue weighted by molar-refractivity contribution is -0.856. The summed E-state index contributed by atoms with van der Waals surface area (Å²) in [5, 5.41) is 0. The molecule has 1 rings (SSSR count). The maximum Gasteiger partial charge on any atom is 0.310 e. The molecule has 1 saturated heterocycles. The van der Waals surface area contributed by atoms with Crippen molar-refractivity contribution in [1.82, 2.24) is 4.90 Å². The zero-order valence-electron chi connectivity index (χ0n) is 11.0. The minimum absolute atomic E-state index is 0.325. The van der Waals surface area contributed by atoms with Crippen molar-refractivity contribution in [3.8, 4) is 0 Å². The molecule has 1 aliphatic rings. The number of hydrogen-bond donors (Lipinski definition) is 0. The third-order valence-electron chi connectivity index (χ3n) is 3.09. The summed E-state index contributed by atoms with van der Waals surface area (Å²) in [5.74, 6) is 0.325. The van der Waals surface area contributed by atoms with E-state index in [1.165, 1.54) is 6.42 Å². The van der Waals surface area contributed by atoms with Crippen LogP contribution >= 0.6 is 0 Å². The average molecular weight is 215 g/mol. The summed E-state index contributed by atoms with van der Waals surface area (Å²) in [7, 11) is 2.11. The first-order chi connectivity index (χ1) is 7.02. The molecule has 0 bridgehead atoms. The van der Waals surface area contributed by atoms with Crippen LogP contribution < -0.4 is 0 Å². The highest BCUT2D eigenvalue weighted by Gasteiger charge is 2.34. The normalized spacial score (nSPS) is 20.3. The van der Waals surface area contributed by atoms with Crippen LogP contribution in [0.25, 0.3) is 0 Å². The van der Waals surface area contributed by atoms with E-state index in [0.29, 0.717) is 10.4 Å². The van der Waals surface area contributed by atoms with Gasteiger partial charge in [-0.3, -0.25) is 9.38 Å². The van der Waals surface area contributed by atoms with Gasteiger partial charge in [-0.05, 0) is 14.0 Å². The van der Waals surface area contributed by atoms with E-state index in [9.17, 15) is 4.79 Å². The van der Waals surface area contributed by atoms with Gasteiger partial charge in [0.05, 0.1) is 26.6 Å². The number of hydrogen-bond acceptors (Lipinski definition) is 2. The Morgan fingerprint density at radius 2 is 1.60 bits per heavy atom. The van der Waals surface area contributed by atoms with Crippen molar-refractivity contribution in [2.45, 2.75) is 34.1 Å². The number of quaternary nitrogens is 1. The molecule has 0 N–H and O–H groups in total. The quantitative estimate of drug-likeness (QED) is 0.621. The second-order valence-electron chi connectivity index (χ2n) is 4.44. The van der Waals surface area contributed by atoms with E-state index in [0.717, 1.165) is 32.7 Å². The van der Waals surface area contributed by atoms with E-state index in [4.69, 9.17) is 0 Å². The molecule has 1 heterocycles. The van der Waals surface area contributed by atoms with Gasteiger partial charge in [-0.1, -0.05) is 20.3 Å². The van der Waals surface area contributed by atoms with Gasteiger partial charge in [0.2, 0.25) is 0 Å². The predicted octanol–water partition coefficient (Wildman–Crippen LogP) is 1.73.